The summed E-state index contributed by atoms with van der Waals surface area (Å²) < 4.78 is 1.37. The summed E-state index contributed by atoms with van der Waals surface area (Å²) in [5, 5.41) is 3.55. The lowest BCUT2D eigenvalue weighted by molar-refractivity contribution is 0.0538. The molecule has 136 valence electrons. The van der Waals surface area contributed by atoms with Crippen LogP contribution in [0.5, 0.6) is 0 Å². The van der Waals surface area contributed by atoms with Gasteiger partial charge in [0.2, 0.25) is 0 Å². The third-order valence-electron chi connectivity index (χ3n) is 3.41. The topological polar surface area (TPSA) is 72.4 Å². The Kier molecular flexibility index (Phi) is 7.67. The maximum absolute atomic E-state index is 12.2. The maximum Gasteiger partial charge on any atom is 0.278 e. The Bertz CT molecular complexity index is 816. The SMILES string of the molecule is CC.CONC(=O)c1cc(C)c(=O)n(C)c1Nc1ccc(C)cc1Cl. The molecule has 2 rings (SSSR count). The van der Waals surface area contributed by atoms with E-state index in [0.717, 1.165) is 5.56 Å². The molecule has 1 aromatic carbocycles. The lowest BCUT2D eigenvalue weighted by atomic mass is 10.1. The first-order chi connectivity index (χ1) is 11.8. The van der Waals surface area contributed by atoms with Crippen molar-refractivity contribution >= 4 is 29.0 Å². The lowest BCUT2D eigenvalue weighted by Crippen LogP contribution is -2.29. The summed E-state index contributed by atoms with van der Waals surface area (Å²) in [5.74, 6) is -0.127. The van der Waals surface area contributed by atoms with Crippen molar-refractivity contribution in [1.29, 1.82) is 0 Å². The number of carbonyl (C=O) groups excluding carboxylic acids is 1. The van der Waals surface area contributed by atoms with Crippen LogP contribution in [0.2, 0.25) is 5.02 Å². The fourth-order valence-electron chi connectivity index (χ4n) is 2.21. The number of amides is 1. The Morgan fingerprint density at radius 3 is 2.40 bits per heavy atom. The first kappa shape index (κ1) is 20.7. The standard InChI is InChI=1S/C16H18ClN3O3.C2H6/c1-9-5-6-13(12(17)7-9)18-14-11(15(21)19-23-4)8-10(2)16(22)20(14)3;1-2/h5-8,18H,1-4H3,(H,19,21);1-2H3. The molecule has 0 aliphatic rings. The predicted octanol–water partition coefficient (Wildman–Crippen LogP) is 3.72. The van der Waals surface area contributed by atoms with Crippen LogP contribution in [0.3, 0.4) is 0 Å². The highest BCUT2D eigenvalue weighted by Gasteiger charge is 2.18. The van der Waals surface area contributed by atoms with Crippen LogP contribution in [0.1, 0.15) is 35.3 Å². The number of aryl methyl sites for hydroxylation is 2. The van der Waals surface area contributed by atoms with Crippen LogP contribution in [0, 0.1) is 13.8 Å². The van der Waals surface area contributed by atoms with Crippen molar-refractivity contribution in [3.05, 3.63) is 56.3 Å². The van der Waals surface area contributed by atoms with Gasteiger partial charge in [-0.2, -0.15) is 0 Å². The Hall–Kier alpha value is -2.31. The van der Waals surface area contributed by atoms with Gasteiger partial charge < -0.3 is 5.32 Å². The molecule has 0 spiro atoms. The van der Waals surface area contributed by atoms with E-state index in [1.54, 1.807) is 26.1 Å². The Balaban J connectivity index is 0.00000151. The van der Waals surface area contributed by atoms with Crippen LogP contribution >= 0.6 is 11.6 Å². The van der Waals surface area contributed by atoms with Crippen LogP contribution in [-0.4, -0.2) is 17.6 Å². The van der Waals surface area contributed by atoms with Gasteiger partial charge in [-0.05, 0) is 37.6 Å². The van der Waals surface area contributed by atoms with Crippen molar-refractivity contribution in [3.63, 3.8) is 0 Å². The highest BCUT2D eigenvalue weighted by atomic mass is 35.5. The van der Waals surface area contributed by atoms with Crippen molar-refractivity contribution in [1.82, 2.24) is 10.0 Å². The van der Waals surface area contributed by atoms with Gasteiger partial charge in [-0.15, -0.1) is 0 Å². The Labute approximate surface area is 152 Å². The number of nitrogens with one attached hydrogen (secondary N) is 2. The molecule has 7 heteroatoms. The molecular weight excluding hydrogens is 342 g/mol. The summed E-state index contributed by atoms with van der Waals surface area (Å²) >= 11 is 6.22. The second-order valence-electron chi connectivity index (χ2n) is 5.20. The van der Waals surface area contributed by atoms with E-state index < -0.39 is 5.91 Å². The fourth-order valence-corrected chi connectivity index (χ4v) is 2.50. The van der Waals surface area contributed by atoms with Crippen LogP contribution < -0.4 is 16.4 Å². The first-order valence-corrected chi connectivity index (χ1v) is 8.30. The molecule has 0 aliphatic heterocycles. The van der Waals surface area contributed by atoms with Crippen LogP contribution in [-0.2, 0) is 11.9 Å². The molecule has 0 unspecified atom stereocenters. The molecule has 0 bridgehead atoms. The monoisotopic (exact) mass is 365 g/mol. The summed E-state index contributed by atoms with van der Waals surface area (Å²) in [5.41, 5.74) is 4.40. The fraction of sp³-hybridized carbons (Fsp3) is 0.333. The Morgan fingerprint density at radius 1 is 1.20 bits per heavy atom. The van der Waals surface area contributed by atoms with E-state index in [4.69, 9.17) is 11.6 Å². The molecule has 2 N–H and O–H groups in total. The van der Waals surface area contributed by atoms with E-state index in [-0.39, 0.29) is 11.1 Å². The average molecular weight is 366 g/mol. The molecule has 0 radical (unpaired) electrons. The smallest absolute Gasteiger partial charge is 0.278 e. The zero-order valence-electron chi connectivity index (χ0n) is 15.4. The van der Waals surface area contributed by atoms with E-state index in [9.17, 15) is 9.59 Å². The van der Waals surface area contributed by atoms with Crippen LogP contribution in [0.25, 0.3) is 0 Å². The van der Waals surface area contributed by atoms with E-state index in [2.05, 4.69) is 15.6 Å². The van der Waals surface area contributed by atoms with Crippen molar-refractivity contribution in [3.8, 4) is 0 Å². The van der Waals surface area contributed by atoms with Gasteiger partial charge in [-0.3, -0.25) is 19.0 Å². The lowest BCUT2D eigenvalue weighted by Gasteiger charge is -2.17. The summed E-state index contributed by atoms with van der Waals surface area (Å²) in [6, 6.07) is 6.99. The number of aromatic nitrogens is 1. The summed E-state index contributed by atoms with van der Waals surface area (Å²) in [6.07, 6.45) is 0. The molecule has 0 aliphatic carbocycles. The van der Waals surface area contributed by atoms with Crippen LogP contribution in [0.4, 0.5) is 11.5 Å². The predicted molar refractivity (Wildman–Crippen MR) is 102 cm³/mol. The number of carbonyl (C=O) groups is 1. The second kappa shape index (κ2) is 9.25. The van der Waals surface area contributed by atoms with Gasteiger partial charge in [-0.1, -0.05) is 31.5 Å². The molecular formula is C18H24ClN3O3. The normalized spacial score (nSPS) is 9.88. The number of nitrogens with zero attached hydrogens (tertiary/aromatic N) is 1. The number of anilines is 2. The number of halogens is 1. The van der Waals surface area contributed by atoms with Gasteiger partial charge in [0.25, 0.3) is 11.5 Å². The first-order valence-electron chi connectivity index (χ1n) is 7.92. The average Bonchev–Trinajstić information content (AvgIpc) is 2.59. The van der Waals surface area contributed by atoms with Crippen LogP contribution in [0.15, 0.2) is 29.1 Å². The van der Waals surface area contributed by atoms with Crippen molar-refractivity contribution in [2.45, 2.75) is 27.7 Å². The molecule has 6 nitrogen and oxygen atoms in total. The molecule has 2 aromatic rings. The minimum atomic E-state index is -0.461. The van der Waals surface area contributed by atoms with Crippen molar-refractivity contribution in [2.75, 3.05) is 12.4 Å². The van der Waals surface area contributed by atoms with Gasteiger partial charge in [0.15, 0.2) is 0 Å². The molecule has 0 fully saturated rings. The van der Waals surface area contributed by atoms with Gasteiger partial charge in [0.1, 0.15) is 5.82 Å². The zero-order chi connectivity index (χ0) is 19.1. The van der Waals surface area contributed by atoms with E-state index in [1.807, 2.05) is 26.8 Å². The highest BCUT2D eigenvalue weighted by molar-refractivity contribution is 6.33. The number of rotatable bonds is 4. The molecule has 0 saturated heterocycles. The van der Waals surface area contributed by atoms with Gasteiger partial charge in [-0.25, -0.2) is 5.48 Å². The highest BCUT2D eigenvalue weighted by Crippen LogP contribution is 2.27. The van der Waals surface area contributed by atoms with Crippen molar-refractivity contribution in [2.24, 2.45) is 7.05 Å². The molecule has 0 saturated carbocycles. The number of hydroxylamine groups is 1. The zero-order valence-corrected chi connectivity index (χ0v) is 16.1. The minimum Gasteiger partial charge on any atom is -0.340 e. The second-order valence-corrected chi connectivity index (χ2v) is 5.60. The summed E-state index contributed by atoms with van der Waals surface area (Å²) in [6.45, 7) is 7.57. The number of benzene rings is 1. The number of hydrogen-bond donors (Lipinski definition) is 2. The van der Waals surface area contributed by atoms with Gasteiger partial charge >= 0.3 is 0 Å². The van der Waals surface area contributed by atoms with Crippen molar-refractivity contribution < 1.29 is 9.63 Å². The third-order valence-corrected chi connectivity index (χ3v) is 3.72. The molecule has 25 heavy (non-hydrogen) atoms. The number of hydrogen-bond acceptors (Lipinski definition) is 4. The third kappa shape index (κ3) is 4.84. The molecule has 1 aromatic heterocycles. The maximum atomic E-state index is 12.2. The quantitative estimate of drug-likeness (QED) is 0.810. The van der Waals surface area contributed by atoms with E-state index >= 15 is 0 Å². The van der Waals surface area contributed by atoms with Gasteiger partial charge in [0, 0.05) is 12.6 Å². The largest absolute Gasteiger partial charge is 0.340 e. The molecule has 1 amide bonds. The summed E-state index contributed by atoms with van der Waals surface area (Å²) in [7, 11) is 2.93. The Morgan fingerprint density at radius 2 is 1.84 bits per heavy atom. The molecule has 1 heterocycles. The van der Waals surface area contributed by atoms with E-state index in [0.29, 0.717) is 22.1 Å². The van der Waals surface area contributed by atoms with E-state index in [1.165, 1.54) is 17.7 Å². The number of pyridine rings is 1. The molecule has 0 atom stereocenters. The van der Waals surface area contributed by atoms with Gasteiger partial charge in [0.05, 0.1) is 23.4 Å². The minimum absolute atomic E-state index is 0.204. The summed E-state index contributed by atoms with van der Waals surface area (Å²) in [4.78, 5) is 29.0.